The molecule has 0 aliphatic heterocycles. The zero-order chi connectivity index (χ0) is 20.9. The molecule has 0 saturated carbocycles. The topological polar surface area (TPSA) is 139 Å². The molecule has 8 nitrogen and oxygen atoms in total. The lowest BCUT2D eigenvalue weighted by molar-refractivity contribution is -0.114. The van der Waals surface area contributed by atoms with Crippen molar-refractivity contribution in [1.82, 2.24) is 5.32 Å². The van der Waals surface area contributed by atoms with E-state index >= 15 is 0 Å². The average molecular weight is 394 g/mol. The first-order valence-corrected chi connectivity index (χ1v) is 10.0. The van der Waals surface area contributed by atoms with Gasteiger partial charge in [0.15, 0.2) is 0 Å². The number of carbonyl (C=O) groups is 1. The zero-order valence-corrected chi connectivity index (χ0v) is 16.9. The minimum atomic E-state index is -1.73. The molecule has 0 bridgehead atoms. The van der Waals surface area contributed by atoms with Crippen molar-refractivity contribution in [2.24, 2.45) is 0 Å². The number of hydrogen-bond donors (Lipinski definition) is 6. The Bertz CT molecular complexity index is 396. The molecule has 0 spiro atoms. The van der Waals surface area contributed by atoms with E-state index in [0.29, 0.717) is 0 Å². The van der Waals surface area contributed by atoms with E-state index in [-0.39, 0.29) is 6.54 Å². The van der Waals surface area contributed by atoms with E-state index < -0.39 is 42.7 Å². The molecule has 6 N–H and O–H groups in total. The van der Waals surface area contributed by atoms with Crippen LogP contribution in [0.15, 0.2) is 0 Å². The van der Waals surface area contributed by atoms with Crippen molar-refractivity contribution in [1.29, 1.82) is 0 Å². The third-order valence-electron chi connectivity index (χ3n) is 4.74. The summed E-state index contributed by atoms with van der Waals surface area (Å²) in [5.41, 5.74) is -0.593. The predicted molar refractivity (Wildman–Crippen MR) is 102 cm³/mol. The second-order valence-corrected chi connectivity index (χ2v) is 7.43. The van der Waals surface area contributed by atoms with Gasteiger partial charge in [-0.25, -0.2) is 4.79 Å². The van der Waals surface area contributed by atoms with Crippen LogP contribution in [0.2, 0.25) is 0 Å². The monoisotopic (exact) mass is 393 g/mol. The van der Waals surface area contributed by atoms with E-state index in [2.05, 4.69) is 19.2 Å². The van der Waals surface area contributed by atoms with Crippen LogP contribution >= 0.6 is 0 Å². The number of unbranched alkanes of at least 4 members (excludes halogenated alkanes) is 4. The molecule has 0 aromatic rings. The first-order valence-electron chi connectivity index (χ1n) is 10.0. The lowest BCUT2D eigenvalue weighted by Gasteiger charge is -2.30. The number of ether oxygens (including phenoxy) is 1. The molecule has 1 unspecified atom stereocenters. The van der Waals surface area contributed by atoms with Crippen LogP contribution in [0.1, 0.15) is 72.1 Å². The van der Waals surface area contributed by atoms with Gasteiger partial charge in [0.2, 0.25) is 0 Å². The van der Waals surface area contributed by atoms with Crippen molar-refractivity contribution in [3.8, 4) is 0 Å². The molecule has 1 amide bonds. The van der Waals surface area contributed by atoms with Gasteiger partial charge in [-0.2, -0.15) is 0 Å². The Morgan fingerprint density at radius 1 is 0.926 bits per heavy atom. The van der Waals surface area contributed by atoms with Gasteiger partial charge in [0.05, 0.1) is 12.7 Å². The number of carbonyl (C=O) groups excluding carboxylic acids is 1. The summed E-state index contributed by atoms with van der Waals surface area (Å²) < 4.78 is 5.58. The van der Waals surface area contributed by atoms with E-state index in [1.165, 1.54) is 0 Å². The molecular weight excluding hydrogens is 354 g/mol. The van der Waals surface area contributed by atoms with Crippen LogP contribution in [0.3, 0.4) is 0 Å². The molecule has 0 heterocycles. The van der Waals surface area contributed by atoms with Crippen molar-refractivity contribution in [2.45, 2.75) is 102 Å². The van der Waals surface area contributed by atoms with Crippen molar-refractivity contribution < 1.29 is 35.1 Å². The smallest absolute Gasteiger partial charge is 0.407 e. The molecule has 5 atom stereocenters. The highest BCUT2D eigenvalue weighted by Gasteiger charge is 2.31. The molecular formula is C19H39NO7. The fourth-order valence-electron chi connectivity index (χ4n) is 2.84. The van der Waals surface area contributed by atoms with Crippen LogP contribution in [0, 0.1) is 0 Å². The maximum atomic E-state index is 12.1. The third kappa shape index (κ3) is 10.8. The summed E-state index contributed by atoms with van der Waals surface area (Å²) in [5, 5.41) is 49.6. The second kappa shape index (κ2) is 14.1. The Kier molecular flexibility index (Phi) is 13.6. The Morgan fingerprint density at radius 2 is 1.48 bits per heavy atom. The number of alkyl carbamates (subject to hydrolysis) is 1. The van der Waals surface area contributed by atoms with Gasteiger partial charge in [-0.15, -0.1) is 0 Å². The molecule has 0 rings (SSSR count). The number of aliphatic hydroxyl groups excluding tert-OH is 5. The van der Waals surface area contributed by atoms with Crippen molar-refractivity contribution in [3.63, 3.8) is 0 Å². The summed E-state index contributed by atoms with van der Waals surface area (Å²) in [6.45, 7) is 5.00. The Hall–Kier alpha value is -0.930. The van der Waals surface area contributed by atoms with Gasteiger partial charge < -0.3 is 35.6 Å². The van der Waals surface area contributed by atoms with E-state index in [9.17, 15) is 25.2 Å². The summed E-state index contributed by atoms with van der Waals surface area (Å²) in [6.07, 6.45) is 0.511. The Morgan fingerprint density at radius 3 is 2.04 bits per heavy atom. The SMILES string of the molecule is CCCCCCC(C)(CCCC)OC(=O)NC[C@H](O)[C@@H](O)[C@H](O)[C@H](O)CO. The molecule has 162 valence electrons. The lowest BCUT2D eigenvalue weighted by atomic mass is 9.92. The highest BCUT2D eigenvalue weighted by Crippen LogP contribution is 2.26. The standard InChI is InChI=1S/C19H39NO7/c1-4-6-8-9-11-19(3,10-7-5-2)27-18(26)20-12-14(22)16(24)17(25)15(23)13-21/h14-17,21-25H,4-13H2,1-3H3,(H,20,26)/t14-,15+,16+,17+,19?/m0/s1. The van der Waals surface area contributed by atoms with Gasteiger partial charge in [0.1, 0.15) is 23.9 Å². The lowest BCUT2D eigenvalue weighted by Crippen LogP contribution is -2.50. The fourth-order valence-corrected chi connectivity index (χ4v) is 2.84. The molecule has 0 aromatic heterocycles. The first kappa shape index (κ1) is 26.1. The normalized spacial score (nSPS) is 18.2. The number of aliphatic hydroxyl groups is 5. The highest BCUT2D eigenvalue weighted by molar-refractivity contribution is 5.67. The van der Waals surface area contributed by atoms with E-state index in [1.54, 1.807) is 0 Å². The molecule has 8 heteroatoms. The van der Waals surface area contributed by atoms with Gasteiger partial charge in [-0.3, -0.25) is 0 Å². The third-order valence-corrected chi connectivity index (χ3v) is 4.74. The number of rotatable bonds is 15. The van der Waals surface area contributed by atoms with Crippen molar-refractivity contribution >= 4 is 6.09 Å². The largest absolute Gasteiger partial charge is 0.443 e. The quantitative estimate of drug-likeness (QED) is 0.229. The summed E-state index contributed by atoms with van der Waals surface area (Å²) >= 11 is 0. The van der Waals surface area contributed by atoms with Crippen LogP contribution in [0.5, 0.6) is 0 Å². The van der Waals surface area contributed by atoms with E-state index in [0.717, 1.165) is 51.4 Å². The van der Waals surface area contributed by atoms with Gasteiger partial charge in [-0.05, 0) is 32.6 Å². The Balaban J connectivity index is 4.53. The van der Waals surface area contributed by atoms with Crippen molar-refractivity contribution in [3.05, 3.63) is 0 Å². The molecule has 0 aromatic carbocycles. The summed E-state index contributed by atoms with van der Waals surface area (Å²) in [4.78, 5) is 12.1. The number of nitrogens with one attached hydrogen (secondary N) is 1. The Labute approximate surface area is 162 Å². The maximum absolute atomic E-state index is 12.1. The van der Waals surface area contributed by atoms with Crippen molar-refractivity contribution in [2.75, 3.05) is 13.2 Å². The van der Waals surface area contributed by atoms with Crippen LogP contribution in [-0.4, -0.2) is 74.8 Å². The van der Waals surface area contributed by atoms with Crippen LogP contribution in [0.25, 0.3) is 0 Å². The predicted octanol–water partition coefficient (Wildman–Crippen LogP) is 1.07. The minimum absolute atomic E-state index is 0.352. The summed E-state index contributed by atoms with van der Waals surface area (Å²) in [5.74, 6) is 0. The van der Waals surface area contributed by atoms with Gasteiger partial charge >= 0.3 is 6.09 Å². The average Bonchev–Trinajstić information content (AvgIpc) is 2.66. The summed E-state index contributed by atoms with van der Waals surface area (Å²) in [7, 11) is 0. The second-order valence-electron chi connectivity index (χ2n) is 7.43. The molecule has 0 radical (unpaired) electrons. The molecule has 0 saturated heterocycles. The minimum Gasteiger partial charge on any atom is -0.443 e. The van der Waals surface area contributed by atoms with Gasteiger partial charge in [-0.1, -0.05) is 39.5 Å². The van der Waals surface area contributed by atoms with E-state index in [4.69, 9.17) is 9.84 Å². The van der Waals surface area contributed by atoms with Gasteiger partial charge in [0, 0.05) is 6.54 Å². The molecule has 0 aliphatic carbocycles. The van der Waals surface area contributed by atoms with Crippen LogP contribution in [-0.2, 0) is 4.74 Å². The fraction of sp³-hybridized carbons (Fsp3) is 0.947. The molecule has 0 fully saturated rings. The number of hydrogen-bond acceptors (Lipinski definition) is 7. The van der Waals surface area contributed by atoms with Crippen LogP contribution < -0.4 is 5.32 Å². The maximum Gasteiger partial charge on any atom is 0.407 e. The van der Waals surface area contributed by atoms with Gasteiger partial charge in [0.25, 0.3) is 0 Å². The summed E-state index contributed by atoms with van der Waals surface area (Å²) in [6, 6.07) is 0. The highest BCUT2D eigenvalue weighted by atomic mass is 16.6. The van der Waals surface area contributed by atoms with Crippen LogP contribution in [0.4, 0.5) is 4.79 Å². The van der Waals surface area contributed by atoms with E-state index in [1.807, 2.05) is 6.92 Å². The molecule has 0 aliphatic rings. The zero-order valence-electron chi connectivity index (χ0n) is 16.9. The molecule has 27 heavy (non-hydrogen) atoms. The number of amides is 1. The first-order chi connectivity index (χ1) is 12.7.